The van der Waals surface area contributed by atoms with Crippen LogP contribution in [0.2, 0.25) is 5.02 Å². The summed E-state index contributed by atoms with van der Waals surface area (Å²) in [6.07, 6.45) is -3.24. The molecule has 0 atom stereocenters. The van der Waals surface area contributed by atoms with Crippen LogP contribution in [-0.2, 0) is 12.7 Å². The van der Waals surface area contributed by atoms with E-state index < -0.39 is 11.9 Å². The van der Waals surface area contributed by atoms with Crippen LogP contribution in [0.3, 0.4) is 0 Å². The fraction of sp³-hybridized carbons (Fsp3) is 0.111. The Labute approximate surface area is 166 Å². The summed E-state index contributed by atoms with van der Waals surface area (Å²) in [6.45, 7) is 0.245. The average Bonchev–Trinajstić information content (AvgIpc) is 3.13. The first-order valence-corrected chi connectivity index (χ1v) is 8.86. The SMILES string of the molecule is O=C(NCc1ccc(-n2ccc(C(F)(F)F)n2)cc1)c1cc(Br)ccc1Cl. The molecule has 3 rings (SSSR count). The molecular weight excluding hydrogens is 447 g/mol. The normalized spacial score (nSPS) is 11.4. The van der Waals surface area contributed by atoms with Crippen LogP contribution < -0.4 is 5.32 Å². The molecule has 9 heteroatoms. The van der Waals surface area contributed by atoms with E-state index >= 15 is 0 Å². The van der Waals surface area contributed by atoms with Gasteiger partial charge in [-0.15, -0.1) is 0 Å². The van der Waals surface area contributed by atoms with Gasteiger partial charge in [0, 0.05) is 17.2 Å². The fourth-order valence-electron chi connectivity index (χ4n) is 2.33. The maximum Gasteiger partial charge on any atom is 0.435 e. The van der Waals surface area contributed by atoms with Crippen LogP contribution in [-0.4, -0.2) is 15.7 Å². The van der Waals surface area contributed by atoms with Gasteiger partial charge in [0.15, 0.2) is 5.69 Å². The second-order valence-corrected chi connectivity index (χ2v) is 6.94. The molecule has 1 heterocycles. The zero-order valence-corrected chi connectivity index (χ0v) is 15.9. The van der Waals surface area contributed by atoms with Gasteiger partial charge in [-0.05, 0) is 42.0 Å². The number of benzene rings is 2. The molecule has 3 aromatic rings. The molecule has 4 nitrogen and oxygen atoms in total. The Morgan fingerprint density at radius 1 is 1.15 bits per heavy atom. The Balaban J connectivity index is 1.66. The molecule has 0 aliphatic carbocycles. The first kappa shape index (κ1) is 19.4. The zero-order valence-electron chi connectivity index (χ0n) is 13.6. The number of carbonyl (C=O) groups is 1. The van der Waals surface area contributed by atoms with Gasteiger partial charge in [0.05, 0.1) is 16.3 Å². The molecule has 1 aromatic heterocycles. The molecule has 0 aliphatic heterocycles. The van der Waals surface area contributed by atoms with Gasteiger partial charge in [0.2, 0.25) is 0 Å². The van der Waals surface area contributed by atoms with Gasteiger partial charge < -0.3 is 5.32 Å². The highest BCUT2D eigenvalue weighted by molar-refractivity contribution is 9.10. The van der Waals surface area contributed by atoms with Crippen LogP contribution in [0.15, 0.2) is 59.2 Å². The summed E-state index contributed by atoms with van der Waals surface area (Å²) in [5.41, 5.74) is 0.653. The summed E-state index contributed by atoms with van der Waals surface area (Å²) in [4.78, 5) is 12.2. The highest BCUT2D eigenvalue weighted by Crippen LogP contribution is 2.28. The molecule has 0 aliphatic rings. The lowest BCUT2D eigenvalue weighted by molar-refractivity contribution is -0.141. The maximum atomic E-state index is 12.6. The van der Waals surface area contributed by atoms with Crippen molar-refractivity contribution in [1.82, 2.24) is 15.1 Å². The second kappa shape index (κ2) is 7.74. The summed E-state index contributed by atoms with van der Waals surface area (Å²) in [5, 5.41) is 6.61. The molecule has 0 saturated heterocycles. The van der Waals surface area contributed by atoms with Crippen molar-refractivity contribution >= 4 is 33.4 Å². The van der Waals surface area contributed by atoms with Crippen LogP contribution in [0.1, 0.15) is 21.6 Å². The molecule has 0 bridgehead atoms. The minimum Gasteiger partial charge on any atom is -0.348 e. The monoisotopic (exact) mass is 457 g/mol. The fourth-order valence-corrected chi connectivity index (χ4v) is 2.90. The van der Waals surface area contributed by atoms with Crippen molar-refractivity contribution in [2.45, 2.75) is 12.7 Å². The van der Waals surface area contributed by atoms with Crippen molar-refractivity contribution in [3.63, 3.8) is 0 Å². The van der Waals surface area contributed by atoms with Gasteiger partial charge in [-0.2, -0.15) is 18.3 Å². The van der Waals surface area contributed by atoms with Gasteiger partial charge in [-0.25, -0.2) is 4.68 Å². The van der Waals surface area contributed by atoms with Crippen LogP contribution >= 0.6 is 27.5 Å². The molecule has 0 radical (unpaired) electrons. The zero-order chi connectivity index (χ0) is 19.6. The van der Waals surface area contributed by atoms with Gasteiger partial charge in [0.1, 0.15) is 0 Å². The Hall–Kier alpha value is -2.32. The van der Waals surface area contributed by atoms with Crippen LogP contribution in [0, 0.1) is 0 Å². The van der Waals surface area contributed by atoms with Crippen LogP contribution in [0.5, 0.6) is 0 Å². The van der Waals surface area contributed by atoms with E-state index in [2.05, 4.69) is 26.3 Å². The number of aromatic nitrogens is 2. The van der Waals surface area contributed by atoms with E-state index in [1.807, 2.05) is 0 Å². The number of rotatable bonds is 4. The van der Waals surface area contributed by atoms with E-state index in [1.54, 1.807) is 42.5 Å². The van der Waals surface area contributed by atoms with E-state index in [4.69, 9.17) is 11.6 Å². The topological polar surface area (TPSA) is 46.9 Å². The quantitative estimate of drug-likeness (QED) is 0.581. The van der Waals surface area contributed by atoms with Gasteiger partial charge in [0.25, 0.3) is 5.91 Å². The first-order valence-electron chi connectivity index (χ1n) is 7.69. The molecule has 0 fully saturated rings. The Morgan fingerprint density at radius 3 is 2.48 bits per heavy atom. The lowest BCUT2D eigenvalue weighted by Gasteiger charge is -2.08. The minimum atomic E-state index is -4.48. The van der Waals surface area contributed by atoms with Gasteiger partial charge >= 0.3 is 6.18 Å². The van der Waals surface area contributed by atoms with E-state index in [0.717, 1.165) is 20.8 Å². The number of nitrogens with one attached hydrogen (secondary N) is 1. The predicted octanol–water partition coefficient (Wildman–Crippen LogP) is 5.24. The molecule has 2 aromatic carbocycles. The Kier molecular flexibility index (Phi) is 5.57. The van der Waals surface area contributed by atoms with Gasteiger partial charge in [-0.1, -0.05) is 39.7 Å². The standard InChI is InChI=1S/C18H12BrClF3N3O/c19-12-3-6-15(20)14(9-12)17(27)24-10-11-1-4-13(5-2-11)26-8-7-16(25-26)18(21,22)23/h1-9H,10H2,(H,24,27). The minimum absolute atomic E-state index is 0.245. The van der Waals surface area contributed by atoms with E-state index in [0.29, 0.717) is 16.3 Å². The van der Waals surface area contributed by atoms with Crippen molar-refractivity contribution in [3.05, 3.63) is 81.0 Å². The summed E-state index contributed by atoms with van der Waals surface area (Å²) < 4.78 is 39.7. The van der Waals surface area contributed by atoms with Crippen LogP contribution in [0.4, 0.5) is 13.2 Å². The maximum absolute atomic E-state index is 12.6. The third kappa shape index (κ3) is 4.70. The highest BCUT2D eigenvalue weighted by Gasteiger charge is 2.33. The lowest BCUT2D eigenvalue weighted by Crippen LogP contribution is -2.23. The predicted molar refractivity (Wildman–Crippen MR) is 98.9 cm³/mol. The smallest absolute Gasteiger partial charge is 0.348 e. The first-order chi connectivity index (χ1) is 12.7. The van der Waals surface area contributed by atoms with Crippen molar-refractivity contribution in [2.24, 2.45) is 0 Å². The van der Waals surface area contributed by atoms with Crippen molar-refractivity contribution in [3.8, 4) is 5.69 Å². The molecule has 140 valence electrons. The van der Waals surface area contributed by atoms with E-state index in [-0.39, 0.29) is 12.5 Å². The number of nitrogens with zero attached hydrogens (tertiary/aromatic N) is 2. The highest BCUT2D eigenvalue weighted by atomic mass is 79.9. The number of hydrogen-bond acceptors (Lipinski definition) is 2. The summed E-state index contributed by atoms with van der Waals surface area (Å²) >= 11 is 9.31. The lowest BCUT2D eigenvalue weighted by atomic mass is 10.2. The van der Waals surface area contributed by atoms with Crippen molar-refractivity contribution in [2.75, 3.05) is 0 Å². The molecule has 27 heavy (non-hydrogen) atoms. The number of halogens is 5. The van der Waals surface area contributed by atoms with Crippen LogP contribution in [0.25, 0.3) is 5.69 Å². The number of carbonyl (C=O) groups excluding carboxylic acids is 1. The molecule has 1 amide bonds. The molecule has 0 spiro atoms. The summed E-state index contributed by atoms with van der Waals surface area (Å²) in [7, 11) is 0. The second-order valence-electron chi connectivity index (χ2n) is 5.62. The van der Waals surface area contributed by atoms with Crippen molar-refractivity contribution in [1.29, 1.82) is 0 Å². The summed E-state index contributed by atoms with van der Waals surface area (Å²) in [6, 6.07) is 12.5. The third-order valence-corrected chi connectivity index (χ3v) is 4.53. The molecule has 0 unspecified atom stereocenters. The number of hydrogen-bond donors (Lipinski definition) is 1. The van der Waals surface area contributed by atoms with Crippen molar-refractivity contribution < 1.29 is 18.0 Å². The molecule has 0 saturated carbocycles. The number of alkyl halides is 3. The summed E-state index contributed by atoms with van der Waals surface area (Å²) in [5.74, 6) is -0.327. The average molecular weight is 459 g/mol. The van der Waals surface area contributed by atoms with E-state index in [9.17, 15) is 18.0 Å². The largest absolute Gasteiger partial charge is 0.435 e. The molecule has 1 N–H and O–H groups in total. The molecular formula is C18H12BrClF3N3O. The Bertz CT molecular complexity index is 971. The third-order valence-electron chi connectivity index (χ3n) is 3.71. The van der Waals surface area contributed by atoms with Gasteiger partial charge in [-0.3, -0.25) is 4.79 Å². The Morgan fingerprint density at radius 2 is 1.85 bits per heavy atom. The number of amides is 1. The van der Waals surface area contributed by atoms with E-state index in [1.165, 1.54) is 6.20 Å².